The van der Waals surface area contributed by atoms with Crippen LogP contribution in [-0.2, 0) is 25.6 Å². The molecule has 6 N–H and O–H groups in total. The molecule has 0 bridgehead atoms. The number of hydrogen-bond donors (Lipinski definition) is 5. The highest BCUT2D eigenvalue weighted by Crippen LogP contribution is 2.20. The lowest BCUT2D eigenvalue weighted by Gasteiger charge is -2.29. The summed E-state index contributed by atoms with van der Waals surface area (Å²) in [5.41, 5.74) is 6.74. The molecule has 10 nitrogen and oxygen atoms in total. The number of carbonyl (C=O) groups excluding carboxylic acids is 3. The third-order valence-electron chi connectivity index (χ3n) is 6.71. The highest BCUT2D eigenvalue weighted by atomic mass is 16.4. The van der Waals surface area contributed by atoms with Gasteiger partial charge in [-0.1, -0.05) is 46.2 Å². The maximum absolute atomic E-state index is 13.5. The summed E-state index contributed by atoms with van der Waals surface area (Å²) in [6, 6.07) is 2.56. The Morgan fingerprint density at radius 2 is 1.67 bits per heavy atom. The van der Waals surface area contributed by atoms with E-state index in [1.54, 1.807) is 12.1 Å². The van der Waals surface area contributed by atoms with Gasteiger partial charge in [0.2, 0.25) is 17.7 Å². The average molecular weight is 505 g/mol. The zero-order valence-corrected chi connectivity index (χ0v) is 21.6. The summed E-state index contributed by atoms with van der Waals surface area (Å²) in [6.07, 6.45) is 2.05. The molecule has 1 saturated heterocycles. The smallest absolute Gasteiger partial charge is 0.326 e. The number of hydrogen-bond acceptors (Lipinski definition) is 6. The molecule has 200 valence electrons. The Morgan fingerprint density at radius 3 is 2.22 bits per heavy atom. The molecular formula is C26H40N4O6. The second-order valence-electron chi connectivity index (χ2n) is 10.1. The van der Waals surface area contributed by atoms with Gasteiger partial charge in [-0.2, -0.15) is 0 Å². The predicted molar refractivity (Wildman–Crippen MR) is 135 cm³/mol. The topological polar surface area (TPSA) is 162 Å². The summed E-state index contributed by atoms with van der Waals surface area (Å²) in [5.74, 6) is -2.48. The molecule has 1 aromatic carbocycles. The van der Waals surface area contributed by atoms with E-state index in [2.05, 4.69) is 10.6 Å². The van der Waals surface area contributed by atoms with Crippen molar-refractivity contribution >= 4 is 23.7 Å². The minimum Gasteiger partial charge on any atom is -0.508 e. The lowest BCUT2D eigenvalue weighted by Crippen LogP contribution is -2.58. The minimum atomic E-state index is -1.08. The van der Waals surface area contributed by atoms with Gasteiger partial charge in [-0.15, -0.1) is 0 Å². The fraction of sp³-hybridized carbons (Fsp3) is 0.615. The van der Waals surface area contributed by atoms with E-state index in [0.29, 0.717) is 31.2 Å². The van der Waals surface area contributed by atoms with Gasteiger partial charge in [0.05, 0.1) is 6.04 Å². The molecule has 1 aliphatic rings. The zero-order valence-electron chi connectivity index (χ0n) is 21.6. The van der Waals surface area contributed by atoms with Gasteiger partial charge in [0.25, 0.3) is 0 Å². The van der Waals surface area contributed by atoms with Crippen molar-refractivity contribution in [2.75, 3.05) is 6.54 Å². The number of nitrogens with zero attached hydrogens (tertiary/aromatic N) is 1. The van der Waals surface area contributed by atoms with Crippen LogP contribution in [0, 0.1) is 11.8 Å². The molecule has 0 spiro atoms. The number of phenolic OH excluding ortho intramolecular Hbond substituents is 1. The van der Waals surface area contributed by atoms with E-state index in [0.717, 1.165) is 0 Å². The SMILES string of the molecule is CCC(C)C(N)C(=O)NC(CC(C)C)C(=O)NC(Cc1ccc(O)cc1)C(=O)N1CCCC1C(=O)O. The van der Waals surface area contributed by atoms with Crippen LogP contribution in [0.1, 0.15) is 58.9 Å². The number of phenols is 1. The predicted octanol–water partition coefficient (Wildman–Crippen LogP) is 1.40. The first-order chi connectivity index (χ1) is 16.9. The molecule has 0 aromatic heterocycles. The quantitative estimate of drug-likeness (QED) is 0.287. The van der Waals surface area contributed by atoms with Crippen molar-refractivity contribution in [2.24, 2.45) is 17.6 Å². The van der Waals surface area contributed by atoms with Gasteiger partial charge in [-0.05, 0) is 48.8 Å². The van der Waals surface area contributed by atoms with Gasteiger partial charge in [0.1, 0.15) is 23.9 Å². The normalized spacial score (nSPS) is 18.8. The van der Waals surface area contributed by atoms with Gasteiger partial charge < -0.3 is 31.5 Å². The Morgan fingerprint density at radius 1 is 1.06 bits per heavy atom. The Balaban J connectivity index is 2.27. The van der Waals surface area contributed by atoms with Gasteiger partial charge in [-0.3, -0.25) is 14.4 Å². The molecule has 1 aromatic rings. The maximum atomic E-state index is 13.5. The highest BCUT2D eigenvalue weighted by molar-refractivity contribution is 5.94. The number of nitrogens with two attached hydrogens (primary N) is 1. The molecule has 1 fully saturated rings. The number of rotatable bonds is 12. The van der Waals surface area contributed by atoms with Crippen LogP contribution in [0.15, 0.2) is 24.3 Å². The van der Waals surface area contributed by atoms with Crippen LogP contribution in [0.25, 0.3) is 0 Å². The zero-order chi connectivity index (χ0) is 27.0. The monoisotopic (exact) mass is 504 g/mol. The Hall–Kier alpha value is -3.14. The van der Waals surface area contributed by atoms with Crippen LogP contribution in [-0.4, -0.2) is 69.5 Å². The van der Waals surface area contributed by atoms with Crippen LogP contribution in [0.4, 0.5) is 0 Å². The molecular weight excluding hydrogens is 464 g/mol. The molecule has 36 heavy (non-hydrogen) atoms. The minimum absolute atomic E-state index is 0.0634. The highest BCUT2D eigenvalue weighted by Gasteiger charge is 2.38. The molecule has 5 atom stereocenters. The van der Waals surface area contributed by atoms with Crippen molar-refractivity contribution in [3.8, 4) is 5.75 Å². The van der Waals surface area contributed by atoms with E-state index in [1.807, 2.05) is 27.7 Å². The van der Waals surface area contributed by atoms with Crippen molar-refractivity contribution in [2.45, 2.75) is 84.0 Å². The van der Waals surface area contributed by atoms with Gasteiger partial charge in [0, 0.05) is 13.0 Å². The van der Waals surface area contributed by atoms with E-state index in [9.17, 15) is 29.4 Å². The number of carboxylic acid groups (broad SMARTS) is 1. The Kier molecular flexibility index (Phi) is 10.7. The largest absolute Gasteiger partial charge is 0.508 e. The van der Waals surface area contributed by atoms with Gasteiger partial charge in [0.15, 0.2) is 0 Å². The van der Waals surface area contributed by atoms with Gasteiger partial charge >= 0.3 is 5.97 Å². The van der Waals surface area contributed by atoms with E-state index in [1.165, 1.54) is 17.0 Å². The number of benzene rings is 1. The number of nitrogens with one attached hydrogen (secondary N) is 2. The number of carboxylic acids is 1. The van der Waals surface area contributed by atoms with Crippen molar-refractivity contribution in [1.82, 2.24) is 15.5 Å². The lowest BCUT2D eigenvalue weighted by atomic mass is 9.97. The first kappa shape index (κ1) is 29.1. The molecule has 0 saturated carbocycles. The Labute approximate surface area is 212 Å². The molecule has 0 aliphatic carbocycles. The van der Waals surface area contributed by atoms with Crippen LogP contribution in [0.2, 0.25) is 0 Å². The van der Waals surface area contributed by atoms with E-state index in [4.69, 9.17) is 5.73 Å². The van der Waals surface area contributed by atoms with Gasteiger partial charge in [-0.25, -0.2) is 4.79 Å². The number of likely N-dealkylation sites (tertiary alicyclic amines) is 1. The summed E-state index contributed by atoms with van der Waals surface area (Å²) in [4.78, 5) is 52.5. The molecule has 0 radical (unpaired) electrons. The second kappa shape index (κ2) is 13.2. The van der Waals surface area contributed by atoms with Crippen LogP contribution >= 0.6 is 0 Å². The first-order valence-electron chi connectivity index (χ1n) is 12.6. The van der Waals surface area contributed by atoms with Crippen LogP contribution in [0.5, 0.6) is 5.75 Å². The van der Waals surface area contributed by atoms with E-state index < -0.39 is 47.9 Å². The van der Waals surface area contributed by atoms with E-state index in [-0.39, 0.29) is 30.6 Å². The number of aliphatic carboxylic acids is 1. The Bertz CT molecular complexity index is 920. The number of amides is 3. The third-order valence-corrected chi connectivity index (χ3v) is 6.71. The molecule has 1 aliphatic heterocycles. The van der Waals surface area contributed by atoms with E-state index >= 15 is 0 Å². The molecule has 1 heterocycles. The average Bonchev–Trinajstić information content (AvgIpc) is 3.33. The van der Waals surface area contributed by atoms with Crippen LogP contribution < -0.4 is 16.4 Å². The lowest BCUT2D eigenvalue weighted by molar-refractivity contribution is -0.149. The van der Waals surface area contributed by atoms with Crippen molar-refractivity contribution in [1.29, 1.82) is 0 Å². The number of aromatic hydroxyl groups is 1. The first-order valence-corrected chi connectivity index (χ1v) is 12.6. The standard InChI is InChI=1S/C26H40N4O6/c1-5-16(4)22(27)24(33)28-19(13-15(2)3)23(32)29-20(14-17-8-10-18(31)11-9-17)25(34)30-12-6-7-21(30)26(35)36/h8-11,15-16,19-22,31H,5-7,12-14,27H2,1-4H3,(H,28,33)(H,29,32)(H,35,36). The summed E-state index contributed by atoms with van der Waals surface area (Å²) >= 11 is 0. The molecule has 5 unspecified atom stereocenters. The maximum Gasteiger partial charge on any atom is 0.326 e. The summed E-state index contributed by atoms with van der Waals surface area (Å²) in [7, 11) is 0. The summed E-state index contributed by atoms with van der Waals surface area (Å²) in [5, 5.41) is 24.7. The van der Waals surface area contributed by atoms with Crippen molar-refractivity contribution in [3.05, 3.63) is 29.8 Å². The van der Waals surface area contributed by atoms with Crippen LogP contribution in [0.3, 0.4) is 0 Å². The van der Waals surface area contributed by atoms with Crippen molar-refractivity contribution in [3.63, 3.8) is 0 Å². The summed E-state index contributed by atoms with van der Waals surface area (Å²) in [6.45, 7) is 7.92. The molecule has 10 heteroatoms. The number of carbonyl (C=O) groups is 4. The fourth-order valence-corrected chi connectivity index (χ4v) is 4.31. The third kappa shape index (κ3) is 7.94. The molecule has 2 rings (SSSR count). The molecule has 3 amide bonds. The summed E-state index contributed by atoms with van der Waals surface area (Å²) < 4.78 is 0. The van der Waals surface area contributed by atoms with Crippen molar-refractivity contribution < 1.29 is 29.4 Å². The fourth-order valence-electron chi connectivity index (χ4n) is 4.31. The second-order valence-corrected chi connectivity index (χ2v) is 10.1.